The first-order valence-corrected chi connectivity index (χ1v) is 8.98. The molecule has 6 nitrogen and oxygen atoms in total. The minimum absolute atomic E-state index is 0.0206. The van der Waals surface area contributed by atoms with Gasteiger partial charge in [-0.3, -0.25) is 9.48 Å². The number of carbonyl (C=O) groups excluding carboxylic acids is 1. The van der Waals surface area contributed by atoms with E-state index in [0.717, 1.165) is 31.6 Å². The van der Waals surface area contributed by atoms with E-state index in [9.17, 15) is 4.79 Å². The van der Waals surface area contributed by atoms with Crippen molar-refractivity contribution in [2.24, 2.45) is 7.05 Å². The number of aromatic nitrogens is 2. The maximum Gasteiger partial charge on any atom is 0.274 e. The van der Waals surface area contributed by atoms with E-state index in [2.05, 4.69) is 15.7 Å². The monoisotopic (exact) mass is 377 g/mol. The maximum absolute atomic E-state index is 12.8. The summed E-state index contributed by atoms with van der Waals surface area (Å²) in [4.78, 5) is 14.7. The molecule has 0 atom stereocenters. The number of nitrogens with zero attached hydrogens (tertiary/aromatic N) is 3. The van der Waals surface area contributed by atoms with Gasteiger partial charge in [0.2, 0.25) is 0 Å². The van der Waals surface area contributed by atoms with E-state index in [1.165, 1.54) is 6.42 Å². The zero-order valence-electron chi connectivity index (χ0n) is 14.0. The molecule has 0 spiro atoms. The van der Waals surface area contributed by atoms with Crippen molar-refractivity contribution in [1.82, 2.24) is 14.7 Å². The molecule has 1 fully saturated rings. The minimum Gasteiger partial charge on any atom is -0.337 e. The largest absolute Gasteiger partial charge is 0.337 e. The predicted molar refractivity (Wildman–Crippen MR) is 104 cm³/mol. The summed E-state index contributed by atoms with van der Waals surface area (Å²) in [7, 11) is 1.76. The molecule has 2 N–H and O–H groups in total. The first-order valence-electron chi connectivity index (χ1n) is 8.19. The third-order valence-electron chi connectivity index (χ3n) is 4.12. The zero-order chi connectivity index (χ0) is 17.8. The number of likely N-dealkylation sites (tertiary alicyclic amines) is 1. The van der Waals surface area contributed by atoms with Crippen molar-refractivity contribution in [3.05, 3.63) is 41.2 Å². The summed E-state index contributed by atoms with van der Waals surface area (Å²) in [5.41, 5.74) is 1.88. The van der Waals surface area contributed by atoms with Crippen LogP contribution >= 0.6 is 23.8 Å². The SMILES string of the molecule is Cn1ncc(NC(=S)Nc2cccc(Cl)c2)c1C(=O)N1CCCCC1. The van der Waals surface area contributed by atoms with Crippen molar-refractivity contribution in [2.45, 2.75) is 19.3 Å². The Morgan fingerprint density at radius 3 is 2.72 bits per heavy atom. The molecule has 0 bridgehead atoms. The highest BCUT2D eigenvalue weighted by Crippen LogP contribution is 2.20. The zero-order valence-corrected chi connectivity index (χ0v) is 15.5. The number of thiocarbonyl (C=S) groups is 1. The van der Waals surface area contributed by atoms with E-state index in [4.69, 9.17) is 23.8 Å². The van der Waals surface area contributed by atoms with Gasteiger partial charge in [0.25, 0.3) is 5.91 Å². The summed E-state index contributed by atoms with van der Waals surface area (Å²) in [5, 5.41) is 11.3. The van der Waals surface area contributed by atoms with Gasteiger partial charge in [-0.25, -0.2) is 0 Å². The summed E-state index contributed by atoms with van der Waals surface area (Å²) in [6, 6.07) is 7.27. The number of hydrogen-bond acceptors (Lipinski definition) is 3. The fourth-order valence-corrected chi connectivity index (χ4v) is 3.30. The summed E-state index contributed by atoms with van der Waals surface area (Å²) in [6.45, 7) is 1.57. The highest BCUT2D eigenvalue weighted by Gasteiger charge is 2.24. The average Bonchev–Trinajstić information content (AvgIpc) is 2.95. The van der Waals surface area contributed by atoms with E-state index in [1.807, 2.05) is 17.0 Å². The van der Waals surface area contributed by atoms with E-state index >= 15 is 0 Å². The highest BCUT2D eigenvalue weighted by molar-refractivity contribution is 7.80. The lowest BCUT2D eigenvalue weighted by molar-refractivity contribution is 0.0714. The van der Waals surface area contributed by atoms with Crippen LogP contribution in [0.15, 0.2) is 30.5 Å². The van der Waals surface area contributed by atoms with Crippen LogP contribution in [-0.2, 0) is 7.05 Å². The predicted octanol–water partition coefficient (Wildman–Crippen LogP) is 3.51. The van der Waals surface area contributed by atoms with Crippen molar-refractivity contribution in [3.8, 4) is 0 Å². The van der Waals surface area contributed by atoms with E-state index < -0.39 is 0 Å². The van der Waals surface area contributed by atoms with Gasteiger partial charge in [0.15, 0.2) is 5.11 Å². The lowest BCUT2D eigenvalue weighted by atomic mass is 10.1. The van der Waals surface area contributed by atoms with Gasteiger partial charge in [-0.2, -0.15) is 5.10 Å². The second kappa shape index (κ2) is 7.84. The Kier molecular flexibility index (Phi) is 5.55. The second-order valence-electron chi connectivity index (χ2n) is 5.97. The van der Waals surface area contributed by atoms with Gasteiger partial charge in [-0.15, -0.1) is 0 Å². The average molecular weight is 378 g/mol. The van der Waals surface area contributed by atoms with Gasteiger partial charge in [0.05, 0.1) is 11.9 Å². The fraction of sp³-hybridized carbons (Fsp3) is 0.353. The molecule has 1 aromatic carbocycles. The number of carbonyl (C=O) groups is 1. The number of piperidine rings is 1. The first kappa shape index (κ1) is 17.7. The van der Waals surface area contributed by atoms with Gasteiger partial charge in [-0.1, -0.05) is 17.7 Å². The van der Waals surface area contributed by atoms with Crippen molar-refractivity contribution in [2.75, 3.05) is 23.7 Å². The molecule has 1 amide bonds. The summed E-state index contributed by atoms with van der Waals surface area (Å²) >= 11 is 11.3. The molecule has 25 heavy (non-hydrogen) atoms. The Bertz CT molecular complexity index is 785. The van der Waals surface area contributed by atoms with E-state index in [0.29, 0.717) is 21.5 Å². The van der Waals surface area contributed by atoms with Crippen LogP contribution in [0.2, 0.25) is 5.02 Å². The number of hydrogen-bond donors (Lipinski definition) is 2. The van der Waals surface area contributed by atoms with Crippen LogP contribution in [0.1, 0.15) is 29.8 Å². The van der Waals surface area contributed by atoms with Crippen molar-refractivity contribution in [3.63, 3.8) is 0 Å². The summed E-state index contributed by atoms with van der Waals surface area (Å²) in [5.74, 6) is -0.0206. The third-order valence-corrected chi connectivity index (χ3v) is 4.55. The Balaban J connectivity index is 1.72. The molecule has 0 unspecified atom stereocenters. The number of benzene rings is 1. The molecule has 1 aliphatic rings. The molecule has 132 valence electrons. The Morgan fingerprint density at radius 1 is 1.24 bits per heavy atom. The summed E-state index contributed by atoms with van der Waals surface area (Å²) in [6.07, 6.45) is 4.87. The van der Waals surface area contributed by atoms with Crippen LogP contribution in [0.5, 0.6) is 0 Å². The Labute approximate surface area is 157 Å². The van der Waals surface area contributed by atoms with Crippen LogP contribution in [0.4, 0.5) is 11.4 Å². The Morgan fingerprint density at radius 2 is 2.00 bits per heavy atom. The molecule has 1 saturated heterocycles. The van der Waals surface area contributed by atoms with Crippen LogP contribution in [0.3, 0.4) is 0 Å². The number of aryl methyl sites for hydroxylation is 1. The Hall–Kier alpha value is -2.12. The summed E-state index contributed by atoms with van der Waals surface area (Å²) < 4.78 is 1.58. The standard InChI is InChI=1S/C17H20ClN5OS/c1-22-15(16(24)23-8-3-2-4-9-23)14(11-19-22)21-17(25)20-13-7-5-6-12(18)10-13/h5-7,10-11H,2-4,8-9H2,1H3,(H2,20,21,25). The molecule has 2 heterocycles. The lowest BCUT2D eigenvalue weighted by Gasteiger charge is -2.27. The lowest BCUT2D eigenvalue weighted by Crippen LogP contribution is -2.37. The van der Waals surface area contributed by atoms with Crippen LogP contribution in [0.25, 0.3) is 0 Å². The normalized spacial score (nSPS) is 14.2. The van der Waals surface area contributed by atoms with Crippen LogP contribution < -0.4 is 10.6 Å². The first-order chi connectivity index (χ1) is 12.0. The molecule has 0 saturated carbocycles. The van der Waals surface area contributed by atoms with Gasteiger partial charge in [0.1, 0.15) is 5.69 Å². The van der Waals surface area contributed by atoms with E-state index in [1.54, 1.807) is 30.1 Å². The molecule has 1 aliphatic heterocycles. The van der Waals surface area contributed by atoms with Gasteiger partial charge in [-0.05, 0) is 49.7 Å². The number of anilines is 2. The van der Waals surface area contributed by atoms with Gasteiger partial charge < -0.3 is 15.5 Å². The molecule has 2 aromatic rings. The molecular weight excluding hydrogens is 358 g/mol. The number of amides is 1. The van der Waals surface area contributed by atoms with Gasteiger partial charge in [0, 0.05) is 30.8 Å². The quantitative estimate of drug-likeness (QED) is 0.801. The van der Waals surface area contributed by atoms with Gasteiger partial charge >= 0.3 is 0 Å². The highest BCUT2D eigenvalue weighted by atomic mass is 35.5. The van der Waals surface area contributed by atoms with Crippen molar-refractivity contribution in [1.29, 1.82) is 0 Å². The topological polar surface area (TPSA) is 62.2 Å². The maximum atomic E-state index is 12.8. The smallest absolute Gasteiger partial charge is 0.274 e. The molecule has 8 heteroatoms. The minimum atomic E-state index is -0.0206. The molecule has 3 rings (SSSR count). The number of halogens is 1. The van der Waals surface area contributed by atoms with Crippen LogP contribution in [0, 0.1) is 0 Å². The molecule has 0 radical (unpaired) electrons. The molecule has 0 aliphatic carbocycles. The molecule has 1 aromatic heterocycles. The second-order valence-corrected chi connectivity index (χ2v) is 6.82. The van der Waals surface area contributed by atoms with Crippen molar-refractivity contribution < 1.29 is 4.79 Å². The fourth-order valence-electron chi connectivity index (χ4n) is 2.88. The number of rotatable bonds is 3. The van der Waals surface area contributed by atoms with E-state index in [-0.39, 0.29) is 5.91 Å². The van der Waals surface area contributed by atoms with Crippen LogP contribution in [-0.4, -0.2) is 38.8 Å². The number of nitrogens with one attached hydrogen (secondary N) is 2. The van der Waals surface area contributed by atoms with Crippen molar-refractivity contribution >= 4 is 46.2 Å². The molecular formula is C17H20ClN5OS. The third kappa shape index (κ3) is 4.29.